The number of amides is 1. The number of nitrogens with zero attached hydrogens (tertiary/aromatic N) is 1. The summed E-state index contributed by atoms with van der Waals surface area (Å²) in [5, 5.41) is 3.00. The number of benzene rings is 1. The first-order valence-corrected chi connectivity index (χ1v) is 5.65. The molecule has 4 nitrogen and oxygen atoms in total. The average molecular weight is 263 g/mol. The fourth-order valence-electron chi connectivity index (χ4n) is 1.47. The van der Waals surface area contributed by atoms with Crippen molar-refractivity contribution in [2.75, 3.05) is 12.4 Å². The van der Waals surface area contributed by atoms with Crippen LogP contribution in [-0.4, -0.2) is 18.0 Å². The van der Waals surface area contributed by atoms with Gasteiger partial charge in [-0.15, -0.1) is 0 Å². The van der Waals surface area contributed by atoms with Crippen LogP contribution in [0, 0.1) is 0 Å². The zero-order chi connectivity index (χ0) is 13.0. The number of rotatable bonds is 3. The molecule has 2 rings (SSSR count). The van der Waals surface area contributed by atoms with E-state index < -0.39 is 0 Å². The molecule has 0 unspecified atom stereocenters. The van der Waals surface area contributed by atoms with E-state index in [1.807, 2.05) is 12.1 Å². The molecule has 0 radical (unpaired) electrons. The summed E-state index contributed by atoms with van der Waals surface area (Å²) in [6.45, 7) is 0. The molecule has 0 aliphatic heterocycles. The van der Waals surface area contributed by atoms with E-state index in [1.54, 1.807) is 37.4 Å². The summed E-state index contributed by atoms with van der Waals surface area (Å²) in [6, 6.07) is 12.0. The molecule has 0 aliphatic rings. The highest BCUT2D eigenvalue weighted by Gasteiger charge is 2.10. The average Bonchev–Trinajstić information content (AvgIpc) is 2.39. The number of hydrogen-bond donors (Lipinski definition) is 1. The normalized spacial score (nSPS) is 9.89. The molecule has 1 aromatic carbocycles. The quantitative estimate of drug-likeness (QED) is 0.865. The van der Waals surface area contributed by atoms with Crippen molar-refractivity contribution >= 4 is 23.2 Å². The Hall–Kier alpha value is -2.07. The third-order valence-corrected chi connectivity index (χ3v) is 2.51. The number of anilines is 1. The molecule has 0 saturated heterocycles. The molecule has 1 N–H and O–H groups in total. The van der Waals surface area contributed by atoms with Crippen LogP contribution in [0.4, 0.5) is 5.69 Å². The SMILES string of the molecule is COc1ccccc1NC(=O)c1cccc(Cl)n1. The molecule has 18 heavy (non-hydrogen) atoms. The molecule has 5 heteroatoms. The number of pyridine rings is 1. The largest absolute Gasteiger partial charge is 0.495 e. The first-order chi connectivity index (χ1) is 8.70. The minimum atomic E-state index is -0.331. The topological polar surface area (TPSA) is 51.2 Å². The van der Waals surface area contributed by atoms with Gasteiger partial charge in [0, 0.05) is 0 Å². The number of hydrogen-bond acceptors (Lipinski definition) is 3. The van der Waals surface area contributed by atoms with E-state index in [0.29, 0.717) is 11.4 Å². The first-order valence-electron chi connectivity index (χ1n) is 5.27. The Morgan fingerprint density at radius 3 is 2.72 bits per heavy atom. The predicted octanol–water partition coefficient (Wildman–Crippen LogP) is 3.00. The van der Waals surface area contributed by atoms with Gasteiger partial charge in [0.1, 0.15) is 16.6 Å². The van der Waals surface area contributed by atoms with Gasteiger partial charge in [-0.3, -0.25) is 4.79 Å². The number of para-hydroxylation sites is 2. The number of nitrogens with one attached hydrogen (secondary N) is 1. The van der Waals surface area contributed by atoms with E-state index in [0.717, 1.165) is 0 Å². The minimum Gasteiger partial charge on any atom is -0.495 e. The van der Waals surface area contributed by atoms with E-state index in [-0.39, 0.29) is 16.8 Å². The van der Waals surface area contributed by atoms with Crippen molar-refractivity contribution in [3.8, 4) is 5.75 Å². The van der Waals surface area contributed by atoms with Crippen molar-refractivity contribution in [2.24, 2.45) is 0 Å². The second-order valence-corrected chi connectivity index (χ2v) is 3.89. The zero-order valence-electron chi connectivity index (χ0n) is 9.68. The van der Waals surface area contributed by atoms with E-state index >= 15 is 0 Å². The summed E-state index contributed by atoms with van der Waals surface area (Å²) in [4.78, 5) is 15.9. The van der Waals surface area contributed by atoms with Crippen LogP contribution in [0.5, 0.6) is 5.75 Å². The molecule has 1 heterocycles. The number of ether oxygens (including phenoxy) is 1. The van der Waals surface area contributed by atoms with Crippen LogP contribution in [-0.2, 0) is 0 Å². The second-order valence-electron chi connectivity index (χ2n) is 3.50. The van der Waals surface area contributed by atoms with Gasteiger partial charge in [0.15, 0.2) is 0 Å². The lowest BCUT2D eigenvalue weighted by atomic mass is 10.2. The molecule has 1 amide bonds. The molecular formula is C13H11ClN2O2. The van der Waals surface area contributed by atoms with E-state index in [1.165, 1.54) is 0 Å². The molecular weight excluding hydrogens is 252 g/mol. The van der Waals surface area contributed by atoms with Gasteiger partial charge in [0.25, 0.3) is 5.91 Å². The molecule has 2 aromatic rings. The Labute approximate surface area is 110 Å². The molecule has 1 aromatic heterocycles. The molecule has 0 atom stereocenters. The molecule has 92 valence electrons. The van der Waals surface area contributed by atoms with Crippen LogP contribution in [0.3, 0.4) is 0 Å². The van der Waals surface area contributed by atoms with E-state index in [9.17, 15) is 4.79 Å². The van der Waals surface area contributed by atoms with Crippen LogP contribution in [0.2, 0.25) is 5.15 Å². The molecule has 0 fully saturated rings. The van der Waals surface area contributed by atoms with Gasteiger partial charge in [-0.05, 0) is 24.3 Å². The number of carbonyl (C=O) groups is 1. The third kappa shape index (κ3) is 2.78. The number of aromatic nitrogens is 1. The summed E-state index contributed by atoms with van der Waals surface area (Å²) in [5.74, 6) is 0.259. The summed E-state index contributed by atoms with van der Waals surface area (Å²) in [7, 11) is 1.54. The second kappa shape index (κ2) is 5.51. The molecule has 0 spiro atoms. The van der Waals surface area contributed by atoms with Crippen LogP contribution >= 0.6 is 11.6 Å². The summed E-state index contributed by atoms with van der Waals surface area (Å²) in [5.41, 5.74) is 0.847. The van der Waals surface area contributed by atoms with Gasteiger partial charge in [0.05, 0.1) is 12.8 Å². The lowest BCUT2D eigenvalue weighted by Crippen LogP contribution is -2.14. The summed E-state index contributed by atoms with van der Waals surface area (Å²) in [6.07, 6.45) is 0. The van der Waals surface area contributed by atoms with Crippen molar-refractivity contribution in [3.05, 3.63) is 53.3 Å². The fourth-order valence-corrected chi connectivity index (χ4v) is 1.63. The van der Waals surface area contributed by atoms with Crippen LogP contribution in [0.25, 0.3) is 0 Å². The Morgan fingerprint density at radius 1 is 1.22 bits per heavy atom. The predicted molar refractivity (Wildman–Crippen MR) is 70.2 cm³/mol. The number of carbonyl (C=O) groups excluding carboxylic acids is 1. The maximum atomic E-state index is 11.9. The van der Waals surface area contributed by atoms with Crippen molar-refractivity contribution in [3.63, 3.8) is 0 Å². The lowest BCUT2D eigenvalue weighted by Gasteiger charge is -2.09. The van der Waals surface area contributed by atoms with Crippen LogP contribution in [0.15, 0.2) is 42.5 Å². The van der Waals surface area contributed by atoms with Crippen molar-refractivity contribution in [1.29, 1.82) is 0 Å². The molecule has 0 saturated carbocycles. The van der Waals surface area contributed by atoms with Gasteiger partial charge >= 0.3 is 0 Å². The standard InChI is InChI=1S/C13H11ClN2O2/c1-18-11-7-3-2-5-9(11)16-13(17)10-6-4-8-12(14)15-10/h2-8H,1H3,(H,16,17). The van der Waals surface area contributed by atoms with Crippen molar-refractivity contribution in [1.82, 2.24) is 4.98 Å². The molecule has 0 bridgehead atoms. The van der Waals surface area contributed by atoms with E-state index in [2.05, 4.69) is 10.3 Å². The van der Waals surface area contributed by atoms with Crippen LogP contribution < -0.4 is 10.1 Å². The number of halogens is 1. The van der Waals surface area contributed by atoms with Gasteiger partial charge in [-0.1, -0.05) is 29.8 Å². The third-order valence-electron chi connectivity index (χ3n) is 2.30. The monoisotopic (exact) mass is 262 g/mol. The Kier molecular flexibility index (Phi) is 3.79. The van der Waals surface area contributed by atoms with Gasteiger partial charge < -0.3 is 10.1 Å². The maximum absolute atomic E-state index is 11.9. The Balaban J connectivity index is 2.21. The van der Waals surface area contributed by atoms with Crippen molar-refractivity contribution < 1.29 is 9.53 Å². The fraction of sp³-hybridized carbons (Fsp3) is 0.0769. The summed E-state index contributed by atoms with van der Waals surface area (Å²) < 4.78 is 5.14. The number of methoxy groups -OCH3 is 1. The van der Waals surface area contributed by atoms with Gasteiger partial charge in [-0.2, -0.15) is 0 Å². The Morgan fingerprint density at radius 2 is 2.00 bits per heavy atom. The zero-order valence-corrected chi connectivity index (χ0v) is 10.4. The van der Waals surface area contributed by atoms with Gasteiger partial charge in [0.2, 0.25) is 0 Å². The van der Waals surface area contributed by atoms with Crippen LogP contribution in [0.1, 0.15) is 10.5 Å². The maximum Gasteiger partial charge on any atom is 0.274 e. The first kappa shape index (κ1) is 12.4. The van der Waals surface area contributed by atoms with Crippen molar-refractivity contribution in [2.45, 2.75) is 0 Å². The van der Waals surface area contributed by atoms with Gasteiger partial charge in [-0.25, -0.2) is 4.98 Å². The highest BCUT2D eigenvalue weighted by atomic mass is 35.5. The highest BCUT2D eigenvalue weighted by Crippen LogP contribution is 2.23. The summed E-state index contributed by atoms with van der Waals surface area (Å²) >= 11 is 5.73. The lowest BCUT2D eigenvalue weighted by molar-refractivity contribution is 0.102. The Bertz CT molecular complexity index is 572. The smallest absolute Gasteiger partial charge is 0.274 e. The van der Waals surface area contributed by atoms with E-state index in [4.69, 9.17) is 16.3 Å². The minimum absolute atomic E-state index is 0.258. The molecule has 0 aliphatic carbocycles. The highest BCUT2D eigenvalue weighted by molar-refractivity contribution is 6.29.